The Morgan fingerprint density at radius 2 is 2.05 bits per heavy atom. The van der Waals surface area contributed by atoms with Crippen molar-refractivity contribution < 1.29 is 4.79 Å². The van der Waals surface area contributed by atoms with E-state index in [1.165, 1.54) is 0 Å². The van der Waals surface area contributed by atoms with Gasteiger partial charge < -0.3 is 9.88 Å². The van der Waals surface area contributed by atoms with Crippen LogP contribution in [0.5, 0.6) is 0 Å². The van der Waals surface area contributed by atoms with Crippen LogP contribution in [0.1, 0.15) is 46.0 Å². The van der Waals surface area contributed by atoms with Crippen LogP contribution in [0.25, 0.3) is 0 Å². The van der Waals surface area contributed by atoms with Crippen molar-refractivity contribution in [3.8, 4) is 0 Å². The molecule has 1 heterocycles. The van der Waals surface area contributed by atoms with Gasteiger partial charge in [0.1, 0.15) is 12.2 Å². The number of nitrogens with one attached hydrogen (secondary N) is 2. The first kappa shape index (κ1) is 15.6. The first-order valence-electron chi connectivity index (χ1n) is 6.79. The minimum atomic E-state index is -0.251. The van der Waals surface area contributed by atoms with Gasteiger partial charge >= 0.3 is 0 Å². The van der Waals surface area contributed by atoms with E-state index in [1.807, 2.05) is 25.5 Å². The summed E-state index contributed by atoms with van der Waals surface area (Å²) >= 11 is 0. The number of hydrogen-bond donors (Lipinski definition) is 2. The highest BCUT2D eigenvalue weighted by molar-refractivity contribution is 5.81. The van der Waals surface area contributed by atoms with Crippen LogP contribution >= 0.6 is 0 Å². The van der Waals surface area contributed by atoms with Gasteiger partial charge in [0, 0.05) is 13.6 Å². The molecule has 1 rings (SSSR count). The van der Waals surface area contributed by atoms with Gasteiger partial charge in [0.2, 0.25) is 5.91 Å². The first-order valence-corrected chi connectivity index (χ1v) is 6.79. The molecular formula is C13H25N5O. The summed E-state index contributed by atoms with van der Waals surface area (Å²) < 4.78 is 1.85. The second kappa shape index (κ2) is 7.23. The van der Waals surface area contributed by atoms with Gasteiger partial charge in [0.25, 0.3) is 0 Å². The third kappa shape index (κ3) is 4.98. The van der Waals surface area contributed by atoms with Gasteiger partial charge in [0.15, 0.2) is 0 Å². The molecule has 2 unspecified atom stereocenters. The topological polar surface area (TPSA) is 71.8 Å². The standard InChI is InChI=1S/C13H25N5O/c1-9(2)6-7-14-13(19)11(4)16-10(3)12-17-15-8-18(12)5/h8-11,16H,6-7H2,1-5H3,(H,14,19). The Bertz CT molecular complexity index is 401. The van der Waals surface area contributed by atoms with E-state index in [1.54, 1.807) is 6.33 Å². The van der Waals surface area contributed by atoms with E-state index in [0.717, 1.165) is 18.8 Å². The van der Waals surface area contributed by atoms with Gasteiger partial charge in [-0.1, -0.05) is 13.8 Å². The SMILES string of the molecule is CC(C)CCNC(=O)C(C)NC(C)c1nncn1C. The Labute approximate surface area is 115 Å². The normalized spacial score (nSPS) is 14.4. The third-order valence-electron chi connectivity index (χ3n) is 3.05. The average Bonchev–Trinajstić information content (AvgIpc) is 2.74. The van der Waals surface area contributed by atoms with Gasteiger partial charge in [-0.15, -0.1) is 10.2 Å². The van der Waals surface area contributed by atoms with E-state index in [2.05, 4.69) is 34.7 Å². The van der Waals surface area contributed by atoms with Crippen molar-refractivity contribution in [1.82, 2.24) is 25.4 Å². The molecule has 0 aliphatic heterocycles. The number of aromatic nitrogens is 3. The largest absolute Gasteiger partial charge is 0.355 e. The molecule has 0 aliphatic carbocycles. The lowest BCUT2D eigenvalue weighted by atomic mass is 10.1. The molecule has 0 aromatic carbocycles. The lowest BCUT2D eigenvalue weighted by Gasteiger charge is -2.19. The fourth-order valence-electron chi connectivity index (χ4n) is 1.85. The predicted octanol–water partition coefficient (Wildman–Crippen LogP) is 1.02. The number of rotatable bonds is 7. The van der Waals surface area contributed by atoms with E-state index >= 15 is 0 Å². The number of carbonyl (C=O) groups excluding carboxylic acids is 1. The van der Waals surface area contributed by atoms with Crippen LogP contribution in [-0.2, 0) is 11.8 Å². The fourth-order valence-corrected chi connectivity index (χ4v) is 1.85. The highest BCUT2D eigenvalue weighted by Gasteiger charge is 2.18. The average molecular weight is 267 g/mol. The summed E-state index contributed by atoms with van der Waals surface area (Å²) in [5.74, 6) is 1.44. The van der Waals surface area contributed by atoms with Crippen LogP contribution in [0.4, 0.5) is 0 Å². The number of hydrogen-bond acceptors (Lipinski definition) is 4. The second-order valence-electron chi connectivity index (χ2n) is 5.38. The molecule has 19 heavy (non-hydrogen) atoms. The van der Waals surface area contributed by atoms with Crippen molar-refractivity contribution in [3.05, 3.63) is 12.2 Å². The van der Waals surface area contributed by atoms with Crippen molar-refractivity contribution in [1.29, 1.82) is 0 Å². The molecule has 1 aromatic rings. The van der Waals surface area contributed by atoms with Crippen molar-refractivity contribution in [2.45, 2.75) is 46.2 Å². The molecule has 0 fully saturated rings. The van der Waals surface area contributed by atoms with Gasteiger partial charge in [0.05, 0.1) is 12.1 Å². The zero-order chi connectivity index (χ0) is 14.4. The fraction of sp³-hybridized carbons (Fsp3) is 0.769. The minimum absolute atomic E-state index is 0.0154. The first-order chi connectivity index (χ1) is 8.91. The maximum Gasteiger partial charge on any atom is 0.236 e. The van der Waals surface area contributed by atoms with E-state index < -0.39 is 0 Å². The van der Waals surface area contributed by atoms with Gasteiger partial charge in [-0.05, 0) is 26.2 Å². The lowest BCUT2D eigenvalue weighted by molar-refractivity contribution is -0.122. The summed E-state index contributed by atoms with van der Waals surface area (Å²) in [6, 6.07) is -0.266. The highest BCUT2D eigenvalue weighted by atomic mass is 16.2. The molecule has 0 radical (unpaired) electrons. The zero-order valence-corrected chi connectivity index (χ0v) is 12.5. The monoisotopic (exact) mass is 267 g/mol. The Hall–Kier alpha value is -1.43. The van der Waals surface area contributed by atoms with Crippen LogP contribution in [0.2, 0.25) is 0 Å². The number of nitrogens with zero attached hydrogens (tertiary/aromatic N) is 3. The van der Waals surface area contributed by atoms with Crippen LogP contribution < -0.4 is 10.6 Å². The number of amides is 1. The van der Waals surface area contributed by atoms with Crippen LogP contribution in [0, 0.1) is 5.92 Å². The van der Waals surface area contributed by atoms with Crippen molar-refractivity contribution >= 4 is 5.91 Å². The molecular weight excluding hydrogens is 242 g/mol. The summed E-state index contributed by atoms with van der Waals surface area (Å²) in [6.07, 6.45) is 2.65. The molecule has 0 aliphatic rings. The summed E-state index contributed by atoms with van der Waals surface area (Å²) in [5, 5.41) is 14.0. The van der Waals surface area contributed by atoms with Crippen molar-refractivity contribution in [3.63, 3.8) is 0 Å². The maximum absolute atomic E-state index is 11.9. The maximum atomic E-state index is 11.9. The molecule has 2 N–H and O–H groups in total. The molecule has 1 aromatic heterocycles. The Morgan fingerprint density at radius 1 is 1.37 bits per heavy atom. The van der Waals surface area contributed by atoms with E-state index in [4.69, 9.17) is 0 Å². The van der Waals surface area contributed by atoms with Crippen LogP contribution in [0.3, 0.4) is 0 Å². The van der Waals surface area contributed by atoms with Crippen molar-refractivity contribution in [2.75, 3.05) is 6.54 Å². The Morgan fingerprint density at radius 3 is 2.58 bits per heavy atom. The summed E-state index contributed by atoms with van der Waals surface area (Å²) in [5.41, 5.74) is 0. The Balaban J connectivity index is 2.39. The van der Waals surface area contributed by atoms with Gasteiger partial charge in [-0.3, -0.25) is 10.1 Å². The number of carbonyl (C=O) groups is 1. The van der Waals surface area contributed by atoms with E-state index in [9.17, 15) is 4.79 Å². The van der Waals surface area contributed by atoms with Crippen molar-refractivity contribution in [2.24, 2.45) is 13.0 Å². The molecule has 0 spiro atoms. The smallest absolute Gasteiger partial charge is 0.236 e. The van der Waals surface area contributed by atoms with E-state index in [0.29, 0.717) is 5.92 Å². The number of aryl methyl sites for hydroxylation is 1. The molecule has 2 atom stereocenters. The summed E-state index contributed by atoms with van der Waals surface area (Å²) in [6.45, 7) is 8.84. The third-order valence-corrected chi connectivity index (χ3v) is 3.05. The zero-order valence-electron chi connectivity index (χ0n) is 12.5. The quantitative estimate of drug-likeness (QED) is 0.773. The molecule has 108 valence electrons. The summed E-state index contributed by atoms with van der Waals surface area (Å²) in [7, 11) is 1.89. The highest BCUT2D eigenvalue weighted by Crippen LogP contribution is 2.08. The van der Waals surface area contributed by atoms with Gasteiger partial charge in [-0.25, -0.2) is 0 Å². The van der Waals surface area contributed by atoms with Gasteiger partial charge in [-0.2, -0.15) is 0 Å². The van der Waals surface area contributed by atoms with E-state index in [-0.39, 0.29) is 18.0 Å². The molecule has 0 saturated carbocycles. The van der Waals surface area contributed by atoms with Crippen LogP contribution in [0.15, 0.2) is 6.33 Å². The molecule has 0 bridgehead atoms. The minimum Gasteiger partial charge on any atom is -0.355 e. The van der Waals surface area contributed by atoms with Crippen LogP contribution in [-0.4, -0.2) is 33.3 Å². The predicted molar refractivity (Wildman–Crippen MR) is 74.5 cm³/mol. The molecule has 6 heteroatoms. The Kier molecular flexibility index (Phi) is 5.95. The molecule has 1 amide bonds. The molecule has 6 nitrogen and oxygen atoms in total. The second-order valence-corrected chi connectivity index (χ2v) is 5.38. The summed E-state index contributed by atoms with van der Waals surface area (Å²) in [4.78, 5) is 11.9. The molecule has 0 saturated heterocycles. The lowest BCUT2D eigenvalue weighted by Crippen LogP contribution is -2.44.